The van der Waals surface area contributed by atoms with E-state index in [9.17, 15) is 19.8 Å². The first-order valence-corrected chi connectivity index (χ1v) is 9.53. The van der Waals surface area contributed by atoms with Gasteiger partial charge in [0.15, 0.2) is 5.76 Å². The lowest BCUT2D eigenvalue weighted by molar-refractivity contribution is -0.138. The molecule has 3 aromatic rings. The Labute approximate surface area is 178 Å². The molecule has 4 rings (SSSR count). The average Bonchev–Trinajstić information content (AvgIpc) is 2.82. The van der Waals surface area contributed by atoms with E-state index in [2.05, 4.69) is 5.43 Å². The molecule has 0 saturated carbocycles. The molecule has 0 bridgehead atoms. The lowest BCUT2D eigenvalue weighted by Crippen LogP contribution is -2.62. The number of hydrazine groups is 1. The van der Waals surface area contributed by atoms with Crippen LogP contribution < -0.4 is 10.2 Å². The molecule has 0 saturated heterocycles. The first-order chi connectivity index (χ1) is 15.0. The molecule has 1 aliphatic heterocycles. The Hall–Kier alpha value is -4.10. The third kappa shape index (κ3) is 3.41. The lowest BCUT2D eigenvalue weighted by Gasteiger charge is -2.44. The van der Waals surface area contributed by atoms with Crippen LogP contribution in [0.15, 0.2) is 90.7 Å². The molecule has 1 heterocycles. The number of methoxy groups -OCH3 is 1. The van der Waals surface area contributed by atoms with Gasteiger partial charge >= 0.3 is 5.91 Å². The standard InChI is InChI=1S/C24H20N2O5/c1-31-19-14-12-17(13-15-19)23(29)26-24(30,18-10-6-3-7-11-18)20(21(27)22(28)25-26)16-8-4-2-5-9-16/h2-15,27,30H,1H3,(H,25,28)/t24-/m1/s1. The highest BCUT2D eigenvalue weighted by atomic mass is 16.5. The van der Waals surface area contributed by atoms with Crippen LogP contribution in [0.5, 0.6) is 5.75 Å². The van der Waals surface area contributed by atoms with Gasteiger partial charge in [-0.25, -0.2) is 5.01 Å². The highest BCUT2D eigenvalue weighted by molar-refractivity contribution is 6.06. The summed E-state index contributed by atoms with van der Waals surface area (Å²) < 4.78 is 5.13. The summed E-state index contributed by atoms with van der Waals surface area (Å²) in [6.45, 7) is 0. The summed E-state index contributed by atoms with van der Waals surface area (Å²) in [4.78, 5) is 26.0. The molecular weight excluding hydrogens is 396 g/mol. The molecule has 0 unspecified atom stereocenters. The Morgan fingerprint density at radius 1 is 0.935 bits per heavy atom. The van der Waals surface area contributed by atoms with Gasteiger partial charge in [0.2, 0.25) is 5.72 Å². The second kappa shape index (κ2) is 7.97. The van der Waals surface area contributed by atoms with Crippen LogP contribution >= 0.6 is 0 Å². The van der Waals surface area contributed by atoms with Gasteiger partial charge < -0.3 is 14.9 Å². The predicted octanol–water partition coefficient (Wildman–Crippen LogP) is 3.00. The molecule has 3 N–H and O–H groups in total. The van der Waals surface area contributed by atoms with Crippen molar-refractivity contribution in [3.8, 4) is 5.75 Å². The molecule has 0 aromatic heterocycles. The van der Waals surface area contributed by atoms with Crippen LogP contribution in [0.4, 0.5) is 0 Å². The number of ether oxygens (including phenoxy) is 1. The van der Waals surface area contributed by atoms with E-state index >= 15 is 0 Å². The van der Waals surface area contributed by atoms with E-state index in [0.29, 0.717) is 16.9 Å². The fraction of sp³-hybridized carbons (Fsp3) is 0.0833. The molecule has 0 radical (unpaired) electrons. The fourth-order valence-electron chi connectivity index (χ4n) is 3.57. The smallest absolute Gasteiger partial charge is 0.305 e. The number of nitrogens with one attached hydrogen (secondary N) is 1. The minimum Gasteiger partial charge on any atom is -0.503 e. The molecule has 2 amide bonds. The van der Waals surface area contributed by atoms with E-state index in [0.717, 1.165) is 5.01 Å². The van der Waals surface area contributed by atoms with Gasteiger partial charge in [0, 0.05) is 11.1 Å². The van der Waals surface area contributed by atoms with Crippen LogP contribution in [0.3, 0.4) is 0 Å². The van der Waals surface area contributed by atoms with Crippen LogP contribution in [0.1, 0.15) is 21.5 Å². The van der Waals surface area contributed by atoms with Crippen molar-refractivity contribution in [3.63, 3.8) is 0 Å². The molecule has 156 valence electrons. The average molecular weight is 416 g/mol. The number of hydrogen-bond donors (Lipinski definition) is 3. The van der Waals surface area contributed by atoms with Crippen molar-refractivity contribution < 1.29 is 24.5 Å². The van der Waals surface area contributed by atoms with Crippen LogP contribution in [0.2, 0.25) is 0 Å². The van der Waals surface area contributed by atoms with Gasteiger partial charge in [-0.2, -0.15) is 0 Å². The summed E-state index contributed by atoms with van der Waals surface area (Å²) in [6.07, 6.45) is 0. The summed E-state index contributed by atoms with van der Waals surface area (Å²) in [6, 6.07) is 23.1. The Morgan fingerprint density at radius 3 is 2.10 bits per heavy atom. The van der Waals surface area contributed by atoms with Crippen LogP contribution in [0.25, 0.3) is 5.57 Å². The third-order valence-electron chi connectivity index (χ3n) is 5.12. The Balaban J connectivity index is 1.92. The van der Waals surface area contributed by atoms with E-state index in [-0.39, 0.29) is 11.1 Å². The van der Waals surface area contributed by atoms with Gasteiger partial charge in [0.05, 0.1) is 12.7 Å². The maximum atomic E-state index is 13.4. The van der Waals surface area contributed by atoms with Crippen molar-refractivity contribution in [1.82, 2.24) is 10.4 Å². The zero-order valence-corrected chi connectivity index (χ0v) is 16.6. The Bertz CT molecular complexity index is 1140. The van der Waals surface area contributed by atoms with Gasteiger partial charge in [0.1, 0.15) is 5.75 Å². The summed E-state index contributed by atoms with van der Waals surface area (Å²) in [7, 11) is 1.51. The number of nitrogens with zero attached hydrogens (tertiary/aromatic N) is 1. The number of aliphatic hydroxyl groups excluding tert-OH is 1. The van der Waals surface area contributed by atoms with Gasteiger partial charge in [-0.3, -0.25) is 15.0 Å². The fourth-order valence-corrected chi connectivity index (χ4v) is 3.57. The Kier molecular flexibility index (Phi) is 5.19. The second-order valence-corrected chi connectivity index (χ2v) is 6.94. The summed E-state index contributed by atoms with van der Waals surface area (Å²) >= 11 is 0. The molecule has 7 heteroatoms. The first-order valence-electron chi connectivity index (χ1n) is 9.53. The van der Waals surface area contributed by atoms with Crippen molar-refractivity contribution in [2.45, 2.75) is 5.72 Å². The molecule has 0 fully saturated rings. The molecule has 31 heavy (non-hydrogen) atoms. The zero-order valence-electron chi connectivity index (χ0n) is 16.6. The van der Waals surface area contributed by atoms with Crippen molar-refractivity contribution in [2.24, 2.45) is 0 Å². The number of carbonyl (C=O) groups excluding carboxylic acids is 2. The van der Waals surface area contributed by atoms with Gasteiger partial charge in [-0.05, 0) is 29.8 Å². The first kappa shape index (κ1) is 20.2. The zero-order chi connectivity index (χ0) is 22.0. The number of benzene rings is 3. The lowest BCUT2D eigenvalue weighted by atomic mass is 9.85. The molecule has 0 aliphatic carbocycles. The van der Waals surface area contributed by atoms with Gasteiger partial charge in [-0.15, -0.1) is 0 Å². The van der Waals surface area contributed by atoms with Crippen LogP contribution in [-0.4, -0.2) is 34.1 Å². The van der Waals surface area contributed by atoms with E-state index in [1.807, 2.05) is 0 Å². The number of rotatable bonds is 4. The minimum atomic E-state index is -2.17. The summed E-state index contributed by atoms with van der Waals surface area (Å²) in [5.74, 6) is -1.68. The van der Waals surface area contributed by atoms with Gasteiger partial charge in [0.25, 0.3) is 5.91 Å². The molecular formula is C24H20N2O5. The topological polar surface area (TPSA) is 99.1 Å². The third-order valence-corrected chi connectivity index (χ3v) is 5.12. The van der Waals surface area contributed by atoms with E-state index in [1.54, 1.807) is 72.8 Å². The number of hydrogen-bond acceptors (Lipinski definition) is 5. The van der Waals surface area contributed by atoms with Crippen LogP contribution in [-0.2, 0) is 10.5 Å². The molecule has 7 nitrogen and oxygen atoms in total. The highest BCUT2D eigenvalue weighted by Crippen LogP contribution is 2.43. The molecule has 0 spiro atoms. The van der Waals surface area contributed by atoms with Gasteiger partial charge in [-0.1, -0.05) is 60.7 Å². The number of amides is 2. The largest absolute Gasteiger partial charge is 0.503 e. The van der Waals surface area contributed by atoms with Crippen molar-refractivity contribution in [2.75, 3.05) is 7.11 Å². The number of aliphatic hydroxyl groups is 2. The highest BCUT2D eigenvalue weighted by Gasteiger charge is 2.51. The predicted molar refractivity (Wildman–Crippen MR) is 114 cm³/mol. The molecule has 3 aromatic carbocycles. The van der Waals surface area contributed by atoms with E-state index in [1.165, 1.54) is 19.2 Å². The summed E-state index contributed by atoms with van der Waals surface area (Å²) in [5.41, 5.74) is 0.979. The molecule has 1 aliphatic rings. The minimum absolute atomic E-state index is 0.0927. The maximum absolute atomic E-state index is 13.4. The van der Waals surface area contributed by atoms with Crippen molar-refractivity contribution in [1.29, 1.82) is 0 Å². The van der Waals surface area contributed by atoms with E-state index < -0.39 is 23.3 Å². The maximum Gasteiger partial charge on any atom is 0.305 e. The van der Waals surface area contributed by atoms with Crippen molar-refractivity contribution >= 4 is 17.4 Å². The molecule has 1 atom stereocenters. The second-order valence-electron chi connectivity index (χ2n) is 6.94. The van der Waals surface area contributed by atoms with Crippen LogP contribution in [0, 0.1) is 0 Å². The normalized spacial score (nSPS) is 18.5. The monoisotopic (exact) mass is 416 g/mol. The SMILES string of the molecule is COc1ccc(C(=O)N2NC(=O)C(O)=C(c3ccccc3)[C@]2(O)c2ccccc2)cc1. The quantitative estimate of drug-likeness (QED) is 0.607. The van der Waals surface area contributed by atoms with E-state index in [4.69, 9.17) is 4.74 Å². The summed E-state index contributed by atoms with van der Waals surface area (Å²) in [5, 5.41) is 23.5. The number of carbonyl (C=O) groups is 2. The Morgan fingerprint density at radius 2 is 1.52 bits per heavy atom. The van der Waals surface area contributed by atoms with Crippen molar-refractivity contribution in [3.05, 3.63) is 107 Å².